The number of likely N-dealkylation sites (tertiary alicyclic amines) is 1. The third-order valence-electron chi connectivity index (χ3n) is 5.29. The van der Waals surface area contributed by atoms with E-state index >= 15 is 0 Å². The number of hydrogen-bond donors (Lipinski definition) is 1. The Morgan fingerprint density at radius 2 is 2.04 bits per heavy atom. The van der Waals surface area contributed by atoms with E-state index in [1.807, 2.05) is 30.1 Å². The van der Waals surface area contributed by atoms with E-state index in [1.165, 1.54) is 10.9 Å². The van der Waals surface area contributed by atoms with Crippen LogP contribution in [0.15, 0.2) is 48.9 Å². The number of amides is 1. The lowest BCUT2D eigenvalue weighted by molar-refractivity contribution is -0.121. The lowest BCUT2D eigenvalue weighted by Gasteiger charge is -2.31. The smallest absolute Gasteiger partial charge is 0.227 e. The van der Waals surface area contributed by atoms with Gasteiger partial charge in [0.05, 0.1) is 17.4 Å². The molecule has 0 bridgehead atoms. The number of rotatable bonds is 5. The molecular weight excluding hydrogens is 338 g/mol. The Bertz CT molecular complexity index is 922. The monoisotopic (exact) mass is 363 g/mol. The molecule has 1 amide bonds. The second-order valence-electron chi connectivity index (χ2n) is 7.12. The van der Waals surface area contributed by atoms with Crippen molar-refractivity contribution in [1.29, 1.82) is 0 Å². The number of fused-ring (bicyclic) bond motifs is 1. The molecule has 1 aliphatic rings. The summed E-state index contributed by atoms with van der Waals surface area (Å²) >= 11 is 0. The Morgan fingerprint density at radius 3 is 2.81 bits per heavy atom. The van der Waals surface area contributed by atoms with Crippen molar-refractivity contribution in [2.24, 2.45) is 5.92 Å². The number of hydrogen-bond acceptors (Lipinski definition) is 4. The van der Waals surface area contributed by atoms with Gasteiger partial charge >= 0.3 is 0 Å². The van der Waals surface area contributed by atoms with Gasteiger partial charge < -0.3 is 5.32 Å². The molecule has 6 nitrogen and oxygen atoms in total. The zero-order chi connectivity index (χ0) is 18.6. The molecule has 3 heterocycles. The molecule has 6 heteroatoms. The second kappa shape index (κ2) is 7.88. The fraction of sp³-hybridized carbons (Fsp3) is 0.381. The Hall–Kier alpha value is -2.73. The van der Waals surface area contributed by atoms with Gasteiger partial charge in [0.25, 0.3) is 0 Å². The minimum absolute atomic E-state index is 0.0665. The Labute approximate surface area is 159 Å². The number of aryl methyl sites for hydroxylation is 1. The predicted octanol–water partition coefficient (Wildman–Crippen LogP) is 3.30. The molecule has 140 valence electrons. The number of para-hydroxylation sites is 1. The van der Waals surface area contributed by atoms with Crippen molar-refractivity contribution in [3.05, 3.63) is 54.5 Å². The van der Waals surface area contributed by atoms with E-state index in [-0.39, 0.29) is 11.8 Å². The first-order valence-corrected chi connectivity index (χ1v) is 9.61. The van der Waals surface area contributed by atoms with Crippen molar-refractivity contribution in [2.75, 3.05) is 18.4 Å². The van der Waals surface area contributed by atoms with Gasteiger partial charge in [-0.2, -0.15) is 5.10 Å². The highest BCUT2D eigenvalue weighted by Crippen LogP contribution is 2.23. The number of carbonyl (C=O) groups is 1. The number of anilines is 1. The molecule has 1 saturated heterocycles. The molecule has 0 unspecified atom stereocenters. The topological polar surface area (TPSA) is 63.1 Å². The molecule has 1 fully saturated rings. The second-order valence-corrected chi connectivity index (χ2v) is 7.12. The van der Waals surface area contributed by atoms with Gasteiger partial charge in [0.2, 0.25) is 5.91 Å². The number of benzene rings is 1. The molecule has 1 N–H and O–H groups in total. The van der Waals surface area contributed by atoms with Gasteiger partial charge in [-0.25, -0.2) is 0 Å². The first-order chi connectivity index (χ1) is 13.2. The first kappa shape index (κ1) is 17.7. The average Bonchev–Trinajstić information content (AvgIpc) is 3.16. The van der Waals surface area contributed by atoms with Crippen LogP contribution < -0.4 is 5.32 Å². The minimum atomic E-state index is 0.0665. The normalized spacial score (nSPS) is 15.9. The lowest BCUT2D eigenvalue weighted by Crippen LogP contribution is -2.37. The van der Waals surface area contributed by atoms with Crippen LogP contribution in [0.1, 0.15) is 25.3 Å². The van der Waals surface area contributed by atoms with Crippen LogP contribution in [0, 0.1) is 5.92 Å². The van der Waals surface area contributed by atoms with Crippen LogP contribution in [-0.2, 0) is 17.9 Å². The highest BCUT2D eigenvalue weighted by atomic mass is 16.1. The van der Waals surface area contributed by atoms with E-state index in [0.717, 1.165) is 50.2 Å². The molecule has 3 aromatic rings. The Balaban J connectivity index is 1.34. The lowest BCUT2D eigenvalue weighted by atomic mass is 9.95. The van der Waals surface area contributed by atoms with Crippen LogP contribution in [0.4, 0.5) is 5.69 Å². The van der Waals surface area contributed by atoms with Crippen molar-refractivity contribution < 1.29 is 4.79 Å². The molecule has 27 heavy (non-hydrogen) atoms. The molecule has 2 aromatic heterocycles. The summed E-state index contributed by atoms with van der Waals surface area (Å²) < 4.78 is 1.82. The summed E-state index contributed by atoms with van der Waals surface area (Å²) in [5.74, 6) is 0.175. The van der Waals surface area contributed by atoms with Gasteiger partial charge in [0, 0.05) is 36.8 Å². The third-order valence-corrected chi connectivity index (χ3v) is 5.29. The molecule has 0 atom stereocenters. The molecule has 0 radical (unpaired) electrons. The van der Waals surface area contributed by atoms with Crippen molar-refractivity contribution >= 4 is 22.5 Å². The SMILES string of the molecule is CCn1cc(NC(=O)C2CCN(Cc3cccc4cccnc34)CC2)cn1. The van der Waals surface area contributed by atoms with E-state index in [1.54, 1.807) is 6.20 Å². The van der Waals surface area contributed by atoms with E-state index in [4.69, 9.17) is 0 Å². The van der Waals surface area contributed by atoms with Crippen molar-refractivity contribution in [3.8, 4) is 0 Å². The molecule has 0 aliphatic carbocycles. The molecule has 0 saturated carbocycles. The van der Waals surface area contributed by atoms with Gasteiger partial charge in [-0.05, 0) is 44.5 Å². The molecular formula is C21H25N5O. The van der Waals surface area contributed by atoms with E-state index in [2.05, 4.69) is 44.6 Å². The quantitative estimate of drug-likeness (QED) is 0.755. The van der Waals surface area contributed by atoms with Crippen LogP contribution in [0.2, 0.25) is 0 Å². The standard InChI is InChI=1S/C21H25N5O/c1-2-26-15-19(13-23-26)24-21(27)17-8-11-25(12-9-17)14-18-6-3-5-16-7-4-10-22-20(16)18/h3-7,10,13,15,17H,2,8-9,11-12,14H2,1H3,(H,24,27). The Morgan fingerprint density at radius 1 is 1.22 bits per heavy atom. The van der Waals surface area contributed by atoms with Crippen molar-refractivity contribution in [3.63, 3.8) is 0 Å². The maximum Gasteiger partial charge on any atom is 0.227 e. The van der Waals surface area contributed by atoms with E-state index in [9.17, 15) is 4.79 Å². The first-order valence-electron chi connectivity index (χ1n) is 9.61. The minimum Gasteiger partial charge on any atom is -0.323 e. The largest absolute Gasteiger partial charge is 0.323 e. The fourth-order valence-corrected chi connectivity index (χ4v) is 3.73. The van der Waals surface area contributed by atoms with Crippen molar-refractivity contribution in [2.45, 2.75) is 32.9 Å². The molecule has 0 spiro atoms. The van der Waals surface area contributed by atoms with Gasteiger partial charge in [-0.1, -0.05) is 24.3 Å². The van der Waals surface area contributed by atoms with Gasteiger partial charge in [-0.15, -0.1) is 0 Å². The number of pyridine rings is 1. The highest BCUT2D eigenvalue weighted by Gasteiger charge is 2.25. The molecule has 1 aromatic carbocycles. The molecule has 1 aliphatic heterocycles. The summed E-state index contributed by atoms with van der Waals surface area (Å²) in [6.07, 6.45) is 7.20. The summed E-state index contributed by atoms with van der Waals surface area (Å²) in [7, 11) is 0. The summed E-state index contributed by atoms with van der Waals surface area (Å²) in [5.41, 5.74) is 3.11. The number of piperidine rings is 1. The average molecular weight is 363 g/mol. The van der Waals surface area contributed by atoms with E-state index in [0.29, 0.717) is 0 Å². The number of nitrogens with zero attached hydrogens (tertiary/aromatic N) is 4. The summed E-state index contributed by atoms with van der Waals surface area (Å²) in [5, 5.41) is 8.39. The fourth-order valence-electron chi connectivity index (χ4n) is 3.73. The van der Waals surface area contributed by atoms with Crippen LogP contribution in [0.3, 0.4) is 0 Å². The van der Waals surface area contributed by atoms with Crippen LogP contribution in [0.5, 0.6) is 0 Å². The van der Waals surface area contributed by atoms with Gasteiger partial charge in [0.1, 0.15) is 0 Å². The van der Waals surface area contributed by atoms with Crippen LogP contribution in [-0.4, -0.2) is 38.7 Å². The summed E-state index contributed by atoms with van der Waals surface area (Å²) in [4.78, 5) is 19.5. The summed E-state index contributed by atoms with van der Waals surface area (Å²) in [6, 6.07) is 10.4. The summed E-state index contributed by atoms with van der Waals surface area (Å²) in [6.45, 7) is 5.56. The van der Waals surface area contributed by atoms with Gasteiger partial charge in [-0.3, -0.25) is 19.4 Å². The van der Waals surface area contributed by atoms with Crippen LogP contribution in [0.25, 0.3) is 10.9 Å². The zero-order valence-corrected chi connectivity index (χ0v) is 15.6. The number of carbonyl (C=O) groups excluding carboxylic acids is 1. The van der Waals surface area contributed by atoms with Gasteiger partial charge in [0.15, 0.2) is 0 Å². The Kier molecular flexibility index (Phi) is 5.16. The van der Waals surface area contributed by atoms with Crippen molar-refractivity contribution in [1.82, 2.24) is 19.7 Å². The highest BCUT2D eigenvalue weighted by molar-refractivity contribution is 5.92. The maximum atomic E-state index is 12.5. The predicted molar refractivity (Wildman–Crippen MR) is 106 cm³/mol. The van der Waals surface area contributed by atoms with E-state index < -0.39 is 0 Å². The zero-order valence-electron chi connectivity index (χ0n) is 15.6. The molecule has 4 rings (SSSR count). The number of aromatic nitrogens is 3. The third kappa shape index (κ3) is 4.01. The van der Waals surface area contributed by atoms with Crippen LogP contribution >= 0.6 is 0 Å². The number of nitrogens with one attached hydrogen (secondary N) is 1. The maximum absolute atomic E-state index is 12.5.